The van der Waals surface area contributed by atoms with E-state index in [1.165, 1.54) is 6.92 Å². The van der Waals surface area contributed by atoms with Crippen LogP contribution in [0.5, 0.6) is 17.2 Å². The quantitative estimate of drug-likeness (QED) is 0.691. The van der Waals surface area contributed by atoms with Crippen LogP contribution in [0, 0.1) is 0 Å². The van der Waals surface area contributed by atoms with Gasteiger partial charge in [-0.25, -0.2) is 0 Å². The summed E-state index contributed by atoms with van der Waals surface area (Å²) in [6.45, 7) is 2.51. The number of rotatable bonds is 8. The SMILES string of the molecule is COc1ccc(CN(CC(=O)Nc2cc3c(cc2C(C)=O)OCO3)C2CC2)cc1. The maximum atomic E-state index is 12.8. The zero-order valence-electron chi connectivity index (χ0n) is 16.6. The Bertz CT molecular complexity index is 922. The van der Waals surface area contributed by atoms with Crippen LogP contribution in [0.3, 0.4) is 0 Å². The molecule has 0 radical (unpaired) electrons. The van der Waals surface area contributed by atoms with E-state index >= 15 is 0 Å². The molecule has 4 rings (SSSR count). The van der Waals surface area contributed by atoms with Gasteiger partial charge in [-0.15, -0.1) is 0 Å². The van der Waals surface area contributed by atoms with Gasteiger partial charge in [0.25, 0.3) is 0 Å². The topological polar surface area (TPSA) is 77.1 Å². The summed E-state index contributed by atoms with van der Waals surface area (Å²) in [7, 11) is 1.64. The van der Waals surface area contributed by atoms with Crippen molar-refractivity contribution in [3.8, 4) is 17.2 Å². The number of hydrogen-bond donors (Lipinski definition) is 1. The van der Waals surface area contributed by atoms with E-state index < -0.39 is 0 Å². The van der Waals surface area contributed by atoms with Crippen LogP contribution in [0.4, 0.5) is 5.69 Å². The molecule has 2 aliphatic rings. The molecule has 0 unspecified atom stereocenters. The minimum absolute atomic E-state index is 0.112. The van der Waals surface area contributed by atoms with E-state index in [1.54, 1.807) is 19.2 Å². The molecule has 0 atom stereocenters. The number of fused-ring (bicyclic) bond motifs is 1. The Labute approximate surface area is 169 Å². The molecule has 7 heteroatoms. The predicted molar refractivity (Wildman–Crippen MR) is 108 cm³/mol. The van der Waals surface area contributed by atoms with Crippen molar-refractivity contribution in [3.05, 3.63) is 47.5 Å². The summed E-state index contributed by atoms with van der Waals surface area (Å²) >= 11 is 0. The number of benzene rings is 2. The Hall–Kier alpha value is -3.06. The molecule has 2 aromatic rings. The number of carbonyl (C=O) groups is 2. The molecule has 0 saturated heterocycles. The number of carbonyl (C=O) groups excluding carboxylic acids is 2. The van der Waals surface area contributed by atoms with Crippen LogP contribution in [0.15, 0.2) is 36.4 Å². The van der Waals surface area contributed by atoms with E-state index in [2.05, 4.69) is 10.2 Å². The van der Waals surface area contributed by atoms with Crippen LogP contribution in [0.2, 0.25) is 0 Å². The van der Waals surface area contributed by atoms with Gasteiger partial charge in [0, 0.05) is 24.2 Å². The number of methoxy groups -OCH3 is 1. The van der Waals surface area contributed by atoms with Gasteiger partial charge in [-0.1, -0.05) is 12.1 Å². The van der Waals surface area contributed by atoms with Crippen molar-refractivity contribution in [2.24, 2.45) is 0 Å². The lowest BCUT2D eigenvalue weighted by atomic mass is 10.1. The molecule has 1 N–H and O–H groups in total. The van der Waals surface area contributed by atoms with Gasteiger partial charge in [0.2, 0.25) is 12.7 Å². The number of Topliss-reactive ketones (excluding diaryl/α,β-unsaturated/α-hetero) is 1. The van der Waals surface area contributed by atoms with Crippen molar-refractivity contribution in [2.45, 2.75) is 32.4 Å². The second kappa shape index (κ2) is 8.13. The average Bonchev–Trinajstić information content (AvgIpc) is 3.45. The van der Waals surface area contributed by atoms with Gasteiger partial charge in [-0.05, 0) is 43.5 Å². The van der Waals surface area contributed by atoms with Crippen molar-refractivity contribution in [3.63, 3.8) is 0 Å². The highest BCUT2D eigenvalue weighted by Gasteiger charge is 2.30. The van der Waals surface area contributed by atoms with E-state index in [-0.39, 0.29) is 25.0 Å². The van der Waals surface area contributed by atoms with Gasteiger partial charge in [-0.2, -0.15) is 0 Å². The average molecular weight is 396 g/mol. The molecule has 29 heavy (non-hydrogen) atoms. The summed E-state index contributed by atoms with van der Waals surface area (Å²) in [5, 5.41) is 2.88. The number of hydrogen-bond acceptors (Lipinski definition) is 6. The third kappa shape index (κ3) is 4.51. The molecular formula is C22H24N2O5. The summed E-state index contributed by atoms with van der Waals surface area (Å²) in [4.78, 5) is 26.9. The first-order chi connectivity index (χ1) is 14.0. The van der Waals surface area contributed by atoms with Crippen LogP contribution >= 0.6 is 0 Å². The molecule has 2 aromatic carbocycles. The zero-order valence-corrected chi connectivity index (χ0v) is 16.6. The van der Waals surface area contributed by atoms with Gasteiger partial charge in [0.15, 0.2) is 17.3 Å². The zero-order chi connectivity index (χ0) is 20.4. The van der Waals surface area contributed by atoms with Crippen LogP contribution in [-0.2, 0) is 11.3 Å². The lowest BCUT2D eigenvalue weighted by Gasteiger charge is -2.22. The molecular weight excluding hydrogens is 372 g/mol. The Morgan fingerprint density at radius 2 is 1.83 bits per heavy atom. The summed E-state index contributed by atoms with van der Waals surface area (Å²) < 4.78 is 15.9. The molecule has 0 aromatic heterocycles. The van der Waals surface area contributed by atoms with E-state index in [0.717, 1.165) is 24.2 Å². The standard InChI is InChI=1S/C22H24N2O5/c1-14(25)18-9-20-21(29-13-28-20)10-19(18)23-22(26)12-24(16-5-6-16)11-15-3-7-17(27-2)8-4-15/h3-4,7-10,16H,5-6,11-13H2,1-2H3,(H,23,26). The first-order valence-corrected chi connectivity index (χ1v) is 9.65. The first kappa shape index (κ1) is 19.3. The van der Waals surface area contributed by atoms with E-state index in [9.17, 15) is 9.59 Å². The smallest absolute Gasteiger partial charge is 0.238 e. The molecule has 152 valence electrons. The van der Waals surface area contributed by atoms with Crippen molar-refractivity contribution < 1.29 is 23.8 Å². The maximum Gasteiger partial charge on any atom is 0.238 e. The van der Waals surface area contributed by atoms with Crippen LogP contribution < -0.4 is 19.5 Å². The highest BCUT2D eigenvalue weighted by molar-refractivity contribution is 6.05. The van der Waals surface area contributed by atoms with Gasteiger partial charge in [-0.3, -0.25) is 14.5 Å². The Morgan fingerprint density at radius 3 is 2.45 bits per heavy atom. The first-order valence-electron chi connectivity index (χ1n) is 9.65. The lowest BCUT2D eigenvalue weighted by molar-refractivity contribution is -0.117. The fourth-order valence-corrected chi connectivity index (χ4v) is 3.43. The summed E-state index contributed by atoms with van der Waals surface area (Å²) in [6.07, 6.45) is 2.18. The Morgan fingerprint density at radius 1 is 1.14 bits per heavy atom. The van der Waals surface area contributed by atoms with Gasteiger partial charge < -0.3 is 19.5 Å². The molecule has 1 aliphatic carbocycles. The van der Waals surface area contributed by atoms with E-state index in [4.69, 9.17) is 14.2 Å². The number of nitrogens with one attached hydrogen (secondary N) is 1. The molecule has 1 aliphatic heterocycles. The van der Waals surface area contributed by atoms with Crippen LogP contribution in [0.25, 0.3) is 0 Å². The fourth-order valence-electron chi connectivity index (χ4n) is 3.43. The second-order valence-electron chi connectivity index (χ2n) is 7.34. The number of ketones is 1. The number of amides is 1. The van der Waals surface area contributed by atoms with Gasteiger partial charge >= 0.3 is 0 Å². The predicted octanol–water partition coefficient (Wildman–Crippen LogP) is 3.23. The van der Waals surface area contributed by atoms with Crippen molar-refractivity contribution >= 4 is 17.4 Å². The summed E-state index contributed by atoms with van der Waals surface area (Å²) in [6, 6.07) is 11.6. The number of nitrogens with zero attached hydrogens (tertiary/aromatic N) is 1. The highest BCUT2D eigenvalue weighted by atomic mass is 16.7. The van der Waals surface area contributed by atoms with Crippen LogP contribution in [-0.4, -0.2) is 43.1 Å². The maximum absolute atomic E-state index is 12.8. The highest BCUT2D eigenvalue weighted by Crippen LogP contribution is 2.37. The molecule has 1 amide bonds. The normalized spacial score (nSPS) is 14.7. The van der Waals surface area contributed by atoms with Crippen molar-refractivity contribution in [1.29, 1.82) is 0 Å². The van der Waals surface area contributed by atoms with E-state index in [1.807, 2.05) is 24.3 Å². The molecule has 1 heterocycles. The second-order valence-corrected chi connectivity index (χ2v) is 7.34. The molecule has 1 saturated carbocycles. The minimum atomic E-state index is -0.160. The Kier molecular flexibility index (Phi) is 5.40. The monoisotopic (exact) mass is 396 g/mol. The largest absolute Gasteiger partial charge is 0.497 e. The number of ether oxygens (including phenoxy) is 3. The summed E-state index contributed by atoms with van der Waals surface area (Å²) in [5.74, 6) is 1.56. The van der Waals surface area contributed by atoms with Crippen molar-refractivity contribution in [2.75, 3.05) is 25.8 Å². The van der Waals surface area contributed by atoms with E-state index in [0.29, 0.717) is 35.3 Å². The lowest BCUT2D eigenvalue weighted by Crippen LogP contribution is -2.34. The Balaban J connectivity index is 1.45. The third-order valence-corrected chi connectivity index (χ3v) is 5.12. The summed E-state index contributed by atoms with van der Waals surface area (Å²) in [5.41, 5.74) is 1.99. The van der Waals surface area contributed by atoms with Gasteiger partial charge in [0.1, 0.15) is 5.75 Å². The van der Waals surface area contributed by atoms with Gasteiger partial charge in [0.05, 0.1) is 19.3 Å². The van der Waals surface area contributed by atoms with Crippen LogP contribution in [0.1, 0.15) is 35.7 Å². The fraction of sp³-hybridized carbons (Fsp3) is 0.364. The number of anilines is 1. The van der Waals surface area contributed by atoms with Crippen molar-refractivity contribution in [1.82, 2.24) is 4.90 Å². The molecule has 7 nitrogen and oxygen atoms in total. The molecule has 0 bridgehead atoms. The third-order valence-electron chi connectivity index (χ3n) is 5.12. The molecule has 1 fully saturated rings. The minimum Gasteiger partial charge on any atom is -0.497 e. The molecule has 0 spiro atoms.